The molecule has 1 rings (SSSR count). The van der Waals surface area contributed by atoms with Gasteiger partial charge in [0.1, 0.15) is 0 Å². The van der Waals surface area contributed by atoms with E-state index in [2.05, 4.69) is 4.90 Å². The van der Waals surface area contributed by atoms with Crippen molar-refractivity contribution >= 4 is 0 Å². The van der Waals surface area contributed by atoms with Gasteiger partial charge in [0.2, 0.25) is 0 Å². The van der Waals surface area contributed by atoms with E-state index in [-0.39, 0.29) is 0 Å². The SMILES string of the molecule is COCCOC1CCN(CCCCCCO)CC1. The number of nitrogens with zero attached hydrogens (tertiary/aromatic N) is 1. The van der Waals surface area contributed by atoms with Crippen molar-refractivity contribution in [1.82, 2.24) is 4.90 Å². The standard InChI is InChI=1S/C14H29NO3/c1-17-12-13-18-14-6-9-15(10-7-14)8-4-2-3-5-11-16/h14,16H,2-13H2,1H3. The summed E-state index contributed by atoms with van der Waals surface area (Å²) in [5, 5.41) is 8.70. The lowest BCUT2D eigenvalue weighted by atomic mass is 10.1. The van der Waals surface area contributed by atoms with Gasteiger partial charge in [-0.15, -0.1) is 0 Å². The third kappa shape index (κ3) is 7.31. The number of methoxy groups -OCH3 is 1. The first-order valence-electron chi connectivity index (χ1n) is 7.30. The quantitative estimate of drug-likeness (QED) is 0.606. The molecule has 1 aliphatic rings. The molecule has 0 unspecified atom stereocenters. The summed E-state index contributed by atoms with van der Waals surface area (Å²) in [6, 6.07) is 0. The largest absolute Gasteiger partial charge is 0.396 e. The molecule has 0 radical (unpaired) electrons. The van der Waals surface area contributed by atoms with Crippen molar-refractivity contribution in [3.05, 3.63) is 0 Å². The first kappa shape index (κ1) is 15.9. The van der Waals surface area contributed by atoms with Crippen LogP contribution in [0.25, 0.3) is 0 Å². The first-order chi connectivity index (χ1) is 8.86. The van der Waals surface area contributed by atoms with Crippen LogP contribution in [0, 0.1) is 0 Å². The highest BCUT2D eigenvalue weighted by Gasteiger charge is 2.18. The number of piperidine rings is 1. The number of aliphatic hydroxyl groups is 1. The summed E-state index contributed by atoms with van der Waals surface area (Å²) in [4.78, 5) is 2.54. The minimum atomic E-state index is 0.338. The molecule has 0 bridgehead atoms. The average molecular weight is 259 g/mol. The van der Waals surface area contributed by atoms with Gasteiger partial charge in [0, 0.05) is 26.8 Å². The van der Waals surface area contributed by atoms with Gasteiger partial charge < -0.3 is 19.5 Å². The Morgan fingerprint density at radius 1 is 1.06 bits per heavy atom. The van der Waals surface area contributed by atoms with Gasteiger partial charge in [-0.05, 0) is 32.2 Å². The number of likely N-dealkylation sites (tertiary alicyclic amines) is 1. The summed E-state index contributed by atoms with van der Waals surface area (Å²) >= 11 is 0. The molecule has 1 saturated heterocycles. The summed E-state index contributed by atoms with van der Waals surface area (Å²) in [6.07, 6.45) is 7.36. The van der Waals surface area contributed by atoms with E-state index in [1.54, 1.807) is 7.11 Å². The van der Waals surface area contributed by atoms with Crippen LogP contribution < -0.4 is 0 Å². The molecule has 4 heteroatoms. The molecule has 1 fully saturated rings. The lowest BCUT2D eigenvalue weighted by Crippen LogP contribution is -2.37. The van der Waals surface area contributed by atoms with E-state index in [1.165, 1.54) is 19.4 Å². The van der Waals surface area contributed by atoms with Crippen molar-refractivity contribution in [1.29, 1.82) is 0 Å². The van der Waals surface area contributed by atoms with E-state index in [9.17, 15) is 0 Å². The van der Waals surface area contributed by atoms with Gasteiger partial charge in [0.05, 0.1) is 19.3 Å². The summed E-state index contributed by atoms with van der Waals surface area (Å²) < 4.78 is 10.7. The third-order valence-electron chi connectivity index (χ3n) is 3.56. The van der Waals surface area contributed by atoms with Crippen LogP contribution in [0.5, 0.6) is 0 Å². The second-order valence-electron chi connectivity index (χ2n) is 5.04. The third-order valence-corrected chi connectivity index (χ3v) is 3.56. The maximum atomic E-state index is 8.70. The van der Waals surface area contributed by atoms with Crippen LogP contribution in [0.15, 0.2) is 0 Å². The van der Waals surface area contributed by atoms with Crippen LogP contribution in [-0.2, 0) is 9.47 Å². The van der Waals surface area contributed by atoms with E-state index in [4.69, 9.17) is 14.6 Å². The Bertz CT molecular complexity index is 182. The molecule has 0 aromatic carbocycles. The Hall–Kier alpha value is -0.160. The predicted octanol–water partition coefficient (Wildman–Crippen LogP) is 1.67. The molecular weight excluding hydrogens is 230 g/mol. The van der Waals surface area contributed by atoms with Crippen molar-refractivity contribution in [3.8, 4) is 0 Å². The zero-order valence-electron chi connectivity index (χ0n) is 11.8. The number of unbranched alkanes of at least 4 members (excludes halogenated alkanes) is 3. The zero-order chi connectivity index (χ0) is 13.1. The molecular formula is C14H29NO3. The molecule has 1 aliphatic heterocycles. The fourth-order valence-corrected chi connectivity index (χ4v) is 2.40. The second kappa shape index (κ2) is 10.7. The molecule has 18 heavy (non-hydrogen) atoms. The molecule has 1 N–H and O–H groups in total. The number of ether oxygens (including phenoxy) is 2. The average Bonchev–Trinajstić information content (AvgIpc) is 2.40. The van der Waals surface area contributed by atoms with Crippen LogP contribution in [0.2, 0.25) is 0 Å². The maximum Gasteiger partial charge on any atom is 0.0704 e. The molecule has 0 aliphatic carbocycles. The van der Waals surface area contributed by atoms with Gasteiger partial charge >= 0.3 is 0 Å². The minimum Gasteiger partial charge on any atom is -0.396 e. The molecule has 0 saturated carbocycles. The molecule has 0 amide bonds. The molecule has 0 aromatic heterocycles. The Kier molecular flexibility index (Phi) is 9.48. The Morgan fingerprint density at radius 2 is 1.78 bits per heavy atom. The highest BCUT2D eigenvalue weighted by molar-refractivity contribution is 4.72. The van der Waals surface area contributed by atoms with Crippen LogP contribution in [0.1, 0.15) is 38.5 Å². The highest BCUT2D eigenvalue weighted by atomic mass is 16.5. The van der Waals surface area contributed by atoms with Gasteiger partial charge in [0.15, 0.2) is 0 Å². The molecule has 0 spiro atoms. The van der Waals surface area contributed by atoms with Gasteiger partial charge in [-0.3, -0.25) is 0 Å². The fraction of sp³-hybridized carbons (Fsp3) is 1.00. The summed E-state index contributed by atoms with van der Waals surface area (Å²) in [5.41, 5.74) is 0. The Balaban J connectivity index is 1.94. The van der Waals surface area contributed by atoms with Crippen LogP contribution in [-0.4, -0.2) is 62.7 Å². The van der Waals surface area contributed by atoms with Crippen molar-refractivity contribution in [2.75, 3.05) is 46.6 Å². The van der Waals surface area contributed by atoms with E-state index in [0.29, 0.717) is 19.3 Å². The Morgan fingerprint density at radius 3 is 2.44 bits per heavy atom. The summed E-state index contributed by atoms with van der Waals surface area (Å²) in [5.74, 6) is 0. The van der Waals surface area contributed by atoms with E-state index in [0.717, 1.165) is 45.4 Å². The van der Waals surface area contributed by atoms with Crippen LogP contribution >= 0.6 is 0 Å². The van der Waals surface area contributed by atoms with E-state index < -0.39 is 0 Å². The minimum absolute atomic E-state index is 0.338. The van der Waals surface area contributed by atoms with Crippen molar-refractivity contribution < 1.29 is 14.6 Å². The molecule has 4 nitrogen and oxygen atoms in total. The first-order valence-corrected chi connectivity index (χ1v) is 7.30. The molecule has 0 atom stereocenters. The van der Waals surface area contributed by atoms with Crippen molar-refractivity contribution in [2.24, 2.45) is 0 Å². The summed E-state index contributed by atoms with van der Waals surface area (Å²) in [7, 11) is 1.71. The smallest absolute Gasteiger partial charge is 0.0704 e. The van der Waals surface area contributed by atoms with Gasteiger partial charge in [-0.2, -0.15) is 0 Å². The Labute approximate surface area is 111 Å². The number of hydrogen-bond donors (Lipinski definition) is 1. The van der Waals surface area contributed by atoms with E-state index in [1.807, 2.05) is 0 Å². The van der Waals surface area contributed by atoms with Gasteiger partial charge in [0.25, 0.3) is 0 Å². The maximum absolute atomic E-state index is 8.70. The predicted molar refractivity (Wildman–Crippen MR) is 72.8 cm³/mol. The van der Waals surface area contributed by atoms with Crippen LogP contribution in [0.4, 0.5) is 0 Å². The van der Waals surface area contributed by atoms with Crippen LogP contribution in [0.3, 0.4) is 0 Å². The van der Waals surface area contributed by atoms with E-state index >= 15 is 0 Å². The fourth-order valence-electron chi connectivity index (χ4n) is 2.40. The van der Waals surface area contributed by atoms with Gasteiger partial charge in [-0.1, -0.05) is 12.8 Å². The summed E-state index contributed by atoms with van der Waals surface area (Å²) in [6.45, 7) is 5.29. The molecule has 1 heterocycles. The van der Waals surface area contributed by atoms with Crippen molar-refractivity contribution in [3.63, 3.8) is 0 Å². The lowest BCUT2D eigenvalue weighted by Gasteiger charge is -2.31. The number of aliphatic hydroxyl groups excluding tert-OH is 1. The molecule has 0 aromatic rings. The topological polar surface area (TPSA) is 41.9 Å². The second-order valence-corrected chi connectivity index (χ2v) is 5.04. The normalized spacial score (nSPS) is 18.3. The van der Waals surface area contributed by atoms with Crippen molar-refractivity contribution in [2.45, 2.75) is 44.6 Å². The number of rotatable bonds is 10. The van der Waals surface area contributed by atoms with Gasteiger partial charge in [-0.25, -0.2) is 0 Å². The highest BCUT2D eigenvalue weighted by Crippen LogP contribution is 2.14. The molecule has 108 valence electrons. The monoisotopic (exact) mass is 259 g/mol. The zero-order valence-corrected chi connectivity index (χ0v) is 11.8. The number of hydrogen-bond acceptors (Lipinski definition) is 4. The lowest BCUT2D eigenvalue weighted by molar-refractivity contribution is -0.0148.